The first-order chi connectivity index (χ1) is 8.19. The maximum Gasteiger partial charge on any atom is 0.0920 e. The second-order valence-corrected chi connectivity index (χ2v) is 5.42. The van der Waals surface area contributed by atoms with Crippen LogP contribution in [0, 0.1) is 11.3 Å². The zero-order valence-corrected chi connectivity index (χ0v) is 10.7. The summed E-state index contributed by atoms with van der Waals surface area (Å²) in [5.41, 5.74) is 0.661. The zero-order chi connectivity index (χ0) is 12.7. The zero-order valence-electron chi connectivity index (χ0n) is 9.93. The molecule has 0 fully saturated rings. The molecule has 92 valence electrons. The molecule has 0 saturated heterocycles. The average molecular weight is 251 g/mol. The van der Waals surface area contributed by atoms with Crippen LogP contribution in [0.2, 0.25) is 0 Å². The maximum absolute atomic E-state index is 11.9. The number of hydrogen-bond acceptors (Lipinski definition) is 3. The monoisotopic (exact) mass is 251 g/mol. The first kappa shape index (κ1) is 13.9. The molecule has 1 N–H and O–H groups in total. The van der Waals surface area contributed by atoms with Crippen LogP contribution in [0.4, 0.5) is 0 Å². The fourth-order valence-corrected chi connectivity index (χ4v) is 2.75. The van der Waals surface area contributed by atoms with Crippen molar-refractivity contribution in [1.82, 2.24) is 0 Å². The Labute approximate surface area is 105 Å². The highest BCUT2D eigenvalue weighted by Gasteiger charge is 2.09. The summed E-state index contributed by atoms with van der Waals surface area (Å²) in [4.78, 5) is 0.730. The van der Waals surface area contributed by atoms with E-state index in [0.29, 0.717) is 11.3 Å². The highest BCUT2D eigenvalue weighted by Crippen LogP contribution is 2.19. The number of hydrogen-bond donors (Lipinski definition) is 1. The predicted octanol–water partition coefficient (Wildman–Crippen LogP) is 2.54. The molecule has 2 atom stereocenters. The number of aliphatic hydroxyl groups is 1. The van der Waals surface area contributed by atoms with Crippen LogP contribution in [-0.4, -0.2) is 15.1 Å². The first-order valence-electron chi connectivity index (χ1n) is 5.72. The van der Waals surface area contributed by atoms with Gasteiger partial charge in [-0.05, 0) is 24.1 Å². The minimum atomic E-state index is -1.01. The lowest BCUT2D eigenvalue weighted by Gasteiger charge is -2.08. The molecule has 0 saturated carbocycles. The predicted molar refractivity (Wildman–Crippen MR) is 67.8 cm³/mol. The van der Waals surface area contributed by atoms with Crippen LogP contribution >= 0.6 is 0 Å². The van der Waals surface area contributed by atoms with Crippen LogP contribution < -0.4 is 0 Å². The van der Waals surface area contributed by atoms with Crippen LogP contribution in [0.1, 0.15) is 37.9 Å². The van der Waals surface area contributed by atoms with Crippen molar-refractivity contribution in [1.29, 1.82) is 5.26 Å². The van der Waals surface area contributed by atoms with E-state index in [4.69, 9.17) is 5.26 Å². The Kier molecular flexibility index (Phi) is 5.88. The van der Waals surface area contributed by atoms with Crippen LogP contribution in [0.5, 0.6) is 0 Å². The molecule has 0 radical (unpaired) electrons. The summed E-state index contributed by atoms with van der Waals surface area (Å²) in [6.45, 7) is 2.06. The van der Waals surface area contributed by atoms with E-state index >= 15 is 0 Å². The van der Waals surface area contributed by atoms with Crippen molar-refractivity contribution in [2.75, 3.05) is 5.75 Å². The van der Waals surface area contributed by atoms with Gasteiger partial charge in [0.1, 0.15) is 0 Å². The Hall–Kier alpha value is -1.18. The van der Waals surface area contributed by atoms with E-state index < -0.39 is 16.9 Å². The van der Waals surface area contributed by atoms with E-state index in [2.05, 4.69) is 6.92 Å². The van der Waals surface area contributed by atoms with Crippen molar-refractivity contribution in [3.05, 3.63) is 29.8 Å². The molecule has 4 heteroatoms. The van der Waals surface area contributed by atoms with Gasteiger partial charge in [-0.15, -0.1) is 0 Å². The number of nitriles is 1. The van der Waals surface area contributed by atoms with Gasteiger partial charge in [0.2, 0.25) is 0 Å². The fraction of sp³-hybridized carbons (Fsp3) is 0.462. The molecule has 0 aliphatic heterocycles. The molecule has 0 amide bonds. The molecule has 1 aromatic carbocycles. The topological polar surface area (TPSA) is 61.1 Å². The normalized spacial score (nSPS) is 13.9. The minimum Gasteiger partial charge on any atom is -0.387 e. The largest absolute Gasteiger partial charge is 0.387 e. The van der Waals surface area contributed by atoms with E-state index in [1.807, 2.05) is 6.07 Å². The molecule has 0 aliphatic carbocycles. The molecule has 0 aliphatic rings. The quantitative estimate of drug-likeness (QED) is 0.845. The maximum atomic E-state index is 11.9. The Bertz CT molecular complexity index is 426. The van der Waals surface area contributed by atoms with Gasteiger partial charge in [0.15, 0.2) is 0 Å². The molecule has 0 spiro atoms. The van der Waals surface area contributed by atoms with E-state index in [-0.39, 0.29) is 6.42 Å². The number of benzene rings is 1. The fourth-order valence-electron chi connectivity index (χ4n) is 1.46. The van der Waals surface area contributed by atoms with Crippen molar-refractivity contribution in [2.45, 2.75) is 37.2 Å². The lowest BCUT2D eigenvalue weighted by Crippen LogP contribution is -2.01. The van der Waals surface area contributed by atoms with Gasteiger partial charge in [-0.25, -0.2) is 0 Å². The van der Waals surface area contributed by atoms with Gasteiger partial charge in [-0.1, -0.05) is 25.5 Å². The van der Waals surface area contributed by atoms with Crippen molar-refractivity contribution < 1.29 is 9.32 Å². The molecule has 0 aromatic heterocycles. The van der Waals surface area contributed by atoms with Crippen molar-refractivity contribution in [2.24, 2.45) is 0 Å². The van der Waals surface area contributed by atoms with Crippen LogP contribution in [0.15, 0.2) is 29.2 Å². The molecular weight excluding hydrogens is 234 g/mol. The molecule has 0 heterocycles. The highest BCUT2D eigenvalue weighted by atomic mass is 32.2. The summed E-state index contributed by atoms with van der Waals surface area (Å²) in [7, 11) is -1.01. The molecule has 1 aromatic rings. The van der Waals surface area contributed by atoms with Gasteiger partial charge in [-0.2, -0.15) is 5.26 Å². The summed E-state index contributed by atoms with van der Waals surface area (Å²) in [6, 6.07) is 8.98. The molecule has 17 heavy (non-hydrogen) atoms. The standard InChI is InChI=1S/C13H17NO2S/c1-2-3-9-17(16)12-6-4-5-11(10-12)13(15)7-8-14/h4-6,10,13,15H,2-3,7,9H2,1H3. The van der Waals surface area contributed by atoms with Crippen molar-refractivity contribution >= 4 is 10.8 Å². The summed E-state index contributed by atoms with van der Waals surface area (Å²) < 4.78 is 11.9. The molecular formula is C13H17NO2S. The molecule has 0 bridgehead atoms. The Balaban J connectivity index is 2.79. The summed E-state index contributed by atoms with van der Waals surface area (Å²) in [5, 5.41) is 18.2. The molecule has 2 unspecified atom stereocenters. The van der Waals surface area contributed by atoms with Gasteiger partial charge in [0, 0.05) is 10.6 Å². The summed E-state index contributed by atoms with van der Waals surface area (Å²) in [6.07, 6.45) is 1.22. The lowest BCUT2D eigenvalue weighted by molar-refractivity contribution is 0.183. The van der Waals surface area contributed by atoms with Crippen LogP contribution in [-0.2, 0) is 10.8 Å². The van der Waals surface area contributed by atoms with Gasteiger partial charge < -0.3 is 5.11 Å². The van der Waals surface area contributed by atoms with Gasteiger partial charge in [0.05, 0.1) is 29.4 Å². The molecule has 1 rings (SSSR count). The van der Waals surface area contributed by atoms with Gasteiger partial charge >= 0.3 is 0 Å². The smallest absolute Gasteiger partial charge is 0.0920 e. The first-order valence-corrected chi connectivity index (χ1v) is 7.04. The lowest BCUT2D eigenvalue weighted by atomic mass is 10.1. The Morgan fingerprint density at radius 3 is 2.94 bits per heavy atom. The number of rotatable bonds is 6. The van der Waals surface area contributed by atoms with Crippen molar-refractivity contribution in [3.8, 4) is 6.07 Å². The van der Waals surface area contributed by atoms with Crippen LogP contribution in [0.25, 0.3) is 0 Å². The minimum absolute atomic E-state index is 0.0606. The van der Waals surface area contributed by atoms with E-state index in [1.54, 1.807) is 24.3 Å². The number of nitrogens with zero attached hydrogens (tertiary/aromatic N) is 1. The van der Waals surface area contributed by atoms with Crippen LogP contribution in [0.3, 0.4) is 0 Å². The third-order valence-electron chi connectivity index (χ3n) is 2.47. The van der Waals surface area contributed by atoms with Gasteiger partial charge in [-0.3, -0.25) is 4.21 Å². The summed E-state index contributed by atoms with van der Waals surface area (Å²) >= 11 is 0. The molecule has 3 nitrogen and oxygen atoms in total. The highest BCUT2D eigenvalue weighted by molar-refractivity contribution is 7.85. The summed E-state index contributed by atoms with van der Waals surface area (Å²) in [5.74, 6) is 0.647. The second-order valence-electron chi connectivity index (χ2n) is 3.85. The number of aliphatic hydroxyl groups excluding tert-OH is 1. The Morgan fingerprint density at radius 2 is 2.29 bits per heavy atom. The second kappa shape index (κ2) is 7.21. The Morgan fingerprint density at radius 1 is 1.53 bits per heavy atom. The van der Waals surface area contributed by atoms with Crippen molar-refractivity contribution in [3.63, 3.8) is 0 Å². The SMILES string of the molecule is CCCCS(=O)c1cccc(C(O)CC#N)c1. The van der Waals surface area contributed by atoms with E-state index in [9.17, 15) is 9.32 Å². The van der Waals surface area contributed by atoms with Gasteiger partial charge in [0.25, 0.3) is 0 Å². The third-order valence-corrected chi connectivity index (χ3v) is 3.91. The third kappa shape index (κ3) is 4.29. The average Bonchev–Trinajstić information content (AvgIpc) is 2.36. The number of unbranched alkanes of at least 4 members (excludes halogenated alkanes) is 1. The van der Waals surface area contributed by atoms with E-state index in [1.165, 1.54) is 0 Å². The van der Waals surface area contributed by atoms with E-state index in [0.717, 1.165) is 17.7 Å².